The Morgan fingerprint density at radius 2 is 1.73 bits per heavy atom. The zero-order chi connectivity index (χ0) is 8.27. The van der Waals surface area contributed by atoms with E-state index in [-0.39, 0.29) is 16.5 Å². The third-order valence-electron chi connectivity index (χ3n) is 0.774. The lowest BCUT2D eigenvalue weighted by atomic mass is 11.0. The average molecular weight is 195 g/mol. The van der Waals surface area contributed by atoms with Gasteiger partial charge in [0.2, 0.25) is 10.6 Å². The second-order valence-electron chi connectivity index (χ2n) is 1.50. The van der Waals surface area contributed by atoms with Gasteiger partial charge in [-0.3, -0.25) is 4.84 Å². The molecular weight excluding hydrogens is 191 g/mol. The molecule has 0 radical (unpaired) electrons. The molecule has 0 fully saturated rings. The highest BCUT2D eigenvalue weighted by molar-refractivity contribution is 6.31. The summed E-state index contributed by atoms with van der Waals surface area (Å²) in [6.07, 6.45) is 0. The lowest BCUT2D eigenvalue weighted by molar-refractivity contribution is 0.267. The summed E-state index contributed by atoms with van der Waals surface area (Å²) in [6, 6.07) is 0. The van der Waals surface area contributed by atoms with Crippen LogP contribution in [0.25, 0.3) is 0 Å². The summed E-state index contributed by atoms with van der Waals surface area (Å²) in [5.74, 6) is 0.178. The maximum atomic E-state index is 5.44. The summed E-state index contributed by atoms with van der Waals surface area (Å²) < 4.78 is 0. The Bertz CT molecular complexity index is 236. The average Bonchev–Trinajstić information content (AvgIpc) is 1.85. The largest absolute Gasteiger partial charge is 0.277 e. The zero-order valence-corrected chi connectivity index (χ0v) is 7.02. The molecule has 0 bridgehead atoms. The number of anilines is 1. The molecule has 1 aromatic heterocycles. The van der Waals surface area contributed by atoms with Gasteiger partial charge in [0.15, 0.2) is 0 Å². The van der Waals surface area contributed by atoms with Crippen LogP contribution in [0.3, 0.4) is 0 Å². The maximum Gasteiger partial charge on any atom is 0.252 e. The Hall–Kier alpha value is -0.650. The molecule has 0 aliphatic rings. The van der Waals surface area contributed by atoms with Crippen molar-refractivity contribution in [1.82, 2.24) is 15.0 Å². The van der Waals surface area contributed by atoms with E-state index in [1.54, 1.807) is 0 Å². The van der Waals surface area contributed by atoms with E-state index < -0.39 is 0 Å². The highest BCUT2D eigenvalue weighted by Crippen LogP contribution is 2.08. The van der Waals surface area contributed by atoms with Crippen LogP contribution < -0.4 is 5.48 Å². The quantitative estimate of drug-likeness (QED) is 0.717. The van der Waals surface area contributed by atoms with Gasteiger partial charge in [-0.25, -0.2) is 5.48 Å². The summed E-state index contributed by atoms with van der Waals surface area (Å²) >= 11 is 10.9. The van der Waals surface area contributed by atoms with Crippen molar-refractivity contribution >= 4 is 29.2 Å². The smallest absolute Gasteiger partial charge is 0.252 e. The second-order valence-corrected chi connectivity index (χ2v) is 2.18. The van der Waals surface area contributed by atoms with E-state index in [2.05, 4.69) is 25.3 Å². The van der Waals surface area contributed by atoms with Crippen LogP contribution in [0.15, 0.2) is 0 Å². The van der Waals surface area contributed by atoms with Crippen molar-refractivity contribution in [2.75, 3.05) is 12.6 Å². The summed E-state index contributed by atoms with van der Waals surface area (Å²) in [5.41, 5.74) is 2.36. The zero-order valence-electron chi connectivity index (χ0n) is 5.51. The monoisotopic (exact) mass is 194 g/mol. The molecule has 1 heterocycles. The lowest BCUT2D eigenvalue weighted by Gasteiger charge is -1.99. The minimum absolute atomic E-state index is 0.0181. The number of nitrogens with zero attached hydrogens (tertiary/aromatic N) is 3. The fourth-order valence-electron chi connectivity index (χ4n) is 0.463. The molecule has 5 nitrogen and oxygen atoms in total. The van der Waals surface area contributed by atoms with Crippen LogP contribution in [0.4, 0.5) is 5.95 Å². The van der Waals surface area contributed by atoms with Gasteiger partial charge in [0, 0.05) is 0 Å². The van der Waals surface area contributed by atoms with Crippen LogP contribution in [-0.2, 0) is 4.84 Å². The third-order valence-corrected chi connectivity index (χ3v) is 1.11. The van der Waals surface area contributed by atoms with E-state index in [0.717, 1.165) is 0 Å². The van der Waals surface area contributed by atoms with Crippen molar-refractivity contribution in [3.05, 3.63) is 10.6 Å². The maximum absolute atomic E-state index is 5.44. The molecular formula is C4H4Cl2N4O. The van der Waals surface area contributed by atoms with Crippen LogP contribution in [0, 0.1) is 0 Å². The summed E-state index contributed by atoms with van der Waals surface area (Å²) in [7, 11) is 1.42. The van der Waals surface area contributed by atoms with Crippen LogP contribution in [-0.4, -0.2) is 22.1 Å². The predicted octanol–water partition coefficient (Wildman–Crippen LogP) is 1.15. The van der Waals surface area contributed by atoms with Crippen LogP contribution >= 0.6 is 23.2 Å². The fourth-order valence-corrected chi connectivity index (χ4v) is 0.826. The van der Waals surface area contributed by atoms with E-state index in [9.17, 15) is 0 Å². The number of hydrogen-bond donors (Lipinski definition) is 1. The van der Waals surface area contributed by atoms with E-state index in [4.69, 9.17) is 23.2 Å². The Morgan fingerprint density at radius 1 is 1.18 bits per heavy atom. The molecule has 60 valence electrons. The molecule has 1 rings (SSSR count). The predicted molar refractivity (Wildman–Crippen MR) is 40.5 cm³/mol. The van der Waals surface area contributed by atoms with E-state index in [0.29, 0.717) is 0 Å². The van der Waals surface area contributed by atoms with Crippen molar-refractivity contribution in [2.45, 2.75) is 0 Å². The van der Waals surface area contributed by atoms with Crippen LogP contribution in [0.1, 0.15) is 0 Å². The van der Waals surface area contributed by atoms with E-state index in [1.165, 1.54) is 7.11 Å². The minimum Gasteiger partial charge on any atom is -0.277 e. The first-order chi connectivity index (χ1) is 5.22. The number of halogens is 2. The van der Waals surface area contributed by atoms with Crippen LogP contribution in [0.5, 0.6) is 0 Å². The molecule has 0 atom stereocenters. The van der Waals surface area contributed by atoms with Crippen molar-refractivity contribution in [3.8, 4) is 0 Å². The number of hydrogen-bond acceptors (Lipinski definition) is 5. The summed E-state index contributed by atoms with van der Waals surface area (Å²) in [6.45, 7) is 0. The fraction of sp³-hybridized carbons (Fsp3) is 0.250. The van der Waals surface area contributed by atoms with E-state index in [1.807, 2.05) is 0 Å². The van der Waals surface area contributed by atoms with Gasteiger partial charge in [-0.05, 0) is 23.2 Å². The van der Waals surface area contributed by atoms with Crippen molar-refractivity contribution in [3.63, 3.8) is 0 Å². The number of aromatic nitrogens is 3. The van der Waals surface area contributed by atoms with Gasteiger partial charge in [0.05, 0.1) is 7.11 Å². The molecule has 0 saturated heterocycles. The van der Waals surface area contributed by atoms with Gasteiger partial charge in [-0.2, -0.15) is 15.0 Å². The van der Waals surface area contributed by atoms with Crippen molar-refractivity contribution < 1.29 is 4.84 Å². The summed E-state index contributed by atoms with van der Waals surface area (Å²) in [5, 5.41) is 0.0362. The normalized spacial score (nSPS) is 9.73. The van der Waals surface area contributed by atoms with Crippen LogP contribution in [0.2, 0.25) is 10.6 Å². The lowest BCUT2D eigenvalue weighted by Crippen LogP contribution is -2.02. The molecule has 0 aromatic carbocycles. The minimum atomic E-state index is 0.0181. The molecule has 1 aromatic rings. The highest BCUT2D eigenvalue weighted by Gasteiger charge is 2.00. The third kappa shape index (κ3) is 2.45. The van der Waals surface area contributed by atoms with Crippen molar-refractivity contribution in [1.29, 1.82) is 0 Å². The van der Waals surface area contributed by atoms with Gasteiger partial charge in [-0.1, -0.05) is 0 Å². The molecule has 11 heavy (non-hydrogen) atoms. The highest BCUT2D eigenvalue weighted by atomic mass is 35.5. The molecule has 7 heteroatoms. The Balaban J connectivity index is 2.89. The Morgan fingerprint density at radius 3 is 2.18 bits per heavy atom. The molecule has 0 amide bonds. The topological polar surface area (TPSA) is 59.9 Å². The van der Waals surface area contributed by atoms with Gasteiger partial charge in [0.1, 0.15) is 0 Å². The number of nitrogens with one attached hydrogen (secondary N) is 1. The first kappa shape index (κ1) is 8.45. The standard InChI is InChI=1S/C4H4Cl2N4O/c1-11-10-4-8-2(5)7-3(6)9-4/h1H3,(H,7,8,9,10). The molecule has 0 aliphatic carbocycles. The Kier molecular flexibility index (Phi) is 2.81. The number of rotatable bonds is 2. The SMILES string of the molecule is CONc1nc(Cl)nc(Cl)n1. The summed E-state index contributed by atoms with van der Waals surface area (Å²) in [4.78, 5) is 15.3. The van der Waals surface area contributed by atoms with Gasteiger partial charge in [0.25, 0.3) is 5.95 Å². The molecule has 0 unspecified atom stereocenters. The Labute approximate surface area is 72.7 Å². The first-order valence-electron chi connectivity index (χ1n) is 2.58. The second kappa shape index (κ2) is 3.66. The van der Waals surface area contributed by atoms with E-state index >= 15 is 0 Å². The van der Waals surface area contributed by atoms with Gasteiger partial charge in [-0.15, -0.1) is 0 Å². The molecule has 0 aliphatic heterocycles. The van der Waals surface area contributed by atoms with Crippen molar-refractivity contribution in [2.24, 2.45) is 0 Å². The van der Waals surface area contributed by atoms with Gasteiger partial charge < -0.3 is 0 Å². The first-order valence-corrected chi connectivity index (χ1v) is 3.34. The molecule has 0 spiro atoms. The van der Waals surface area contributed by atoms with Gasteiger partial charge >= 0.3 is 0 Å². The molecule has 1 N–H and O–H groups in total. The molecule has 0 saturated carbocycles.